The summed E-state index contributed by atoms with van der Waals surface area (Å²) in [4.78, 5) is 7.34. The first-order valence-electron chi connectivity index (χ1n) is 7.44. The lowest BCUT2D eigenvalue weighted by molar-refractivity contribution is 0.246. The molecule has 0 spiro atoms. The summed E-state index contributed by atoms with van der Waals surface area (Å²) in [6, 6.07) is 10.5. The van der Waals surface area contributed by atoms with Crippen LogP contribution >= 0.6 is 15.9 Å². The third-order valence-electron chi connectivity index (χ3n) is 4.20. The van der Waals surface area contributed by atoms with Crippen molar-refractivity contribution < 1.29 is 0 Å². The second-order valence-corrected chi connectivity index (χ2v) is 6.28. The number of likely N-dealkylation sites (tertiary alicyclic amines) is 1. The zero-order chi connectivity index (χ0) is 14.8. The highest BCUT2D eigenvalue weighted by atomic mass is 79.9. The maximum Gasteiger partial charge on any atom is 0.140 e. The van der Waals surface area contributed by atoms with E-state index in [-0.39, 0.29) is 6.04 Å². The number of hydrogen-bond donors (Lipinski definition) is 1. The van der Waals surface area contributed by atoms with E-state index in [9.17, 15) is 0 Å². The van der Waals surface area contributed by atoms with Gasteiger partial charge in [-0.3, -0.25) is 4.90 Å². The topological polar surface area (TPSA) is 47.1 Å². The van der Waals surface area contributed by atoms with Gasteiger partial charge in [-0.15, -0.1) is 0 Å². The number of hydrogen-bond acceptors (Lipinski definition) is 3. The van der Waals surface area contributed by atoms with Crippen molar-refractivity contribution in [3.8, 4) is 11.4 Å². The van der Waals surface area contributed by atoms with Gasteiger partial charge in [0.25, 0.3) is 0 Å². The van der Waals surface area contributed by atoms with Crippen molar-refractivity contribution in [1.29, 1.82) is 0 Å². The van der Waals surface area contributed by atoms with Crippen LogP contribution < -0.4 is 5.73 Å². The molecule has 1 fully saturated rings. The van der Waals surface area contributed by atoms with Gasteiger partial charge in [0, 0.05) is 19.2 Å². The van der Waals surface area contributed by atoms with Gasteiger partial charge in [0.15, 0.2) is 0 Å². The van der Waals surface area contributed by atoms with Gasteiger partial charge < -0.3 is 10.3 Å². The monoisotopic (exact) mass is 348 g/mol. The summed E-state index contributed by atoms with van der Waals surface area (Å²) in [5.41, 5.74) is 8.22. The predicted molar refractivity (Wildman–Crippen MR) is 88.9 cm³/mol. The number of benzene rings is 1. The molecule has 1 atom stereocenters. The predicted octanol–water partition coefficient (Wildman–Crippen LogP) is 2.95. The van der Waals surface area contributed by atoms with Crippen molar-refractivity contribution in [2.45, 2.75) is 18.9 Å². The highest BCUT2D eigenvalue weighted by Gasteiger charge is 2.27. The molecule has 112 valence electrons. The smallest absolute Gasteiger partial charge is 0.140 e. The van der Waals surface area contributed by atoms with Crippen molar-refractivity contribution in [2.24, 2.45) is 12.8 Å². The molecule has 2 aromatic rings. The van der Waals surface area contributed by atoms with Crippen LogP contribution in [0.4, 0.5) is 0 Å². The fraction of sp³-hybridized carbons (Fsp3) is 0.438. The Balaban J connectivity index is 1.99. The molecule has 2 heterocycles. The Kier molecular flexibility index (Phi) is 4.42. The lowest BCUT2D eigenvalue weighted by Crippen LogP contribution is -2.31. The summed E-state index contributed by atoms with van der Waals surface area (Å²) in [6.07, 6.45) is 2.51. The van der Waals surface area contributed by atoms with Crippen LogP contribution in [0.2, 0.25) is 0 Å². The second-order valence-electron chi connectivity index (χ2n) is 5.53. The van der Waals surface area contributed by atoms with E-state index >= 15 is 0 Å². The first kappa shape index (κ1) is 14.8. The Morgan fingerprint density at radius 3 is 2.52 bits per heavy atom. The number of rotatable bonds is 4. The van der Waals surface area contributed by atoms with Gasteiger partial charge in [0.1, 0.15) is 10.4 Å². The number of imidazole rings is 1. The molecule has 1 saturated heterocycles. The number of aromatic nitrogens is 2. The van der Waals surface area contributed by atoms with E-state index in [1.807, 2.05) is 25.2 Å². The fourth-order valence-corrected chi connectivity index (χ4v) is 3.57. The third kappa shape index (κ3) is 2.78. The number of nitrogens with two attached hydrogens (primary N) is 1. The summed E-state index contributed by atoms with van der Waals surface area (Å²) in [6.45, 7) is 2.83. The van der Waals surface area contributed by atoms with E-state index in [2.05, 4.69) is 37.5 Å². The third-order valence-corrected chi connectivity index (χ3v) is 5.14. The molecule has 5 heteroatoms. The Bertz CT molecular complexity index is 602. The standard InChI is InChI=1S/C16H21BrN4/c1-20-15(17)14(13(11-18)21-9-5-6-10-21)19-16(20)12-7-3-2-4-8-12/h2-4,7-8,13H,5-6,9-11,18H2,1H3. The Morgan fingerprint density at radius 2 is 1.90 bits per heavy atom. The molecule has 1 aromatic carbocycles. The molecule has 1 aromatic heterocycles. The minimum absolute atomic E-state index is 0.200. The lowest BCUT2D eigenvalue weighted by Gasteiger charge is -2.24. The highest BCUT2D eigenvalue weighted by molar-refractivity contribution is 9.10. The maximum atomic E-state index is 6.04. The quantitative estimate of drug-likeness (QED) is 0.923. The maximum absolute atomic E-state index is 6.04. The van der Waals surface area contributed by atoms with Crippen molar-refractivity contribution in [1.82, 2.24) is 14.5 Å². The Labute approximate surface area is 134 Å². The van der Waals surface area contributed by atoms with Gasteiger partial charge in [-0.05, 0) is 41.9 Å². The largest absolute Gasteiger partial charge is 0.329 e. The van der Waals surface area contributed by atoms with E-state index < -0.39 is 0 Å². The second kappa shape index (κ2) is 6.30. The van der Waals surface area contributed by atoms with E-state index in [0.29, 0.717) is 6.54 Å². The van der Waals surface area contributed by atoms with Gasteiger partial charge >= 0.3 is 0 Å². The molecule has 0 aliphatic carbocycles. The Morgan fingerprint density at radius 1 is 1.24 bits per heavy atom. The van der Waals surface area contributed by atoms with Crippen molar-refractivity contribution in [3.05, 3.63) is 40.6 Å². The minimum Gasteiger partial charge on any atom is -0.329 e. The molecule has 1 aliphatic rings. The molecule has 1 aliphatic heterocycles. The first-order chi connectivity index (χ1) is 10.2. The molecule has 3 rings (SSSR count). The summed E-state index contributed by atoms with van der Waals surface area (Å²) >= 11 is 3.71. The minimum atomic E-state index is 0.200. The van der Waals surface area contributed by atoms with E-state index in [4.69, 9.17) is 10.7 Å². The normalized spacial score (nSPS) is 17.3. The SMILES string of the molecule is Cn1c(-c2ccccc2)nc(C(CN)N2CCCC2)c1Br. The zero-order valence-electron chi connectivity index (χ0n) is 12.3. The molecule has 21 heavy (non-hydrogen) atoms. The summed E-state index contributed by atoms with van der Waals surface area (Å²) < 4.78 is 3.13. The first-order valence-corrected chi connectivity index (χ1v) is 8.23. The van der Waals surface area contributed by atoms with Crippen LogP contribution in [0.15, 0.2) is 34.9 Å². The van der Waals surface area contributed by atoms with Crippen LogP contribution in [0.3, 0.4) is 0 Å². The fourth-order valence-electron chi connectivity index (χ4n) is 3.04. The van der Waals surface area contributed by atoms with Gasteiger partial charge in [-0.1, -0.05) is 30.3 Å². The van der Waals surface area contributed by atoms with Crippen molar-refractivity contribution in [2.75, 3.05) is 19.6 Å². The number of halogens is 1. The van der Waals surface area contributed by atoms with Crippen LogP contribution in [-0.2, 0) is 7.05 Å². The Hall–Kier alpha value is -1.17. The summed E-state index contributed by atoms with van der Waals surface area (Å²) in [5, 5.41) is 0. The zero-order valence-corrected chi connectivity index (χ0v) is 13.9. The molecule has 1 unspecified atom stereocenters. The molecule has 0 bridgehead atoms. The van der Waals surface area contributed by atoms with Gasteiger partial charge in [0.05, 0.1) is 11.7 Å². The molecular formula is C16H21BrN4. The number of nitrogens with zero attached hydrogens (tertiary/aromatic N) is 3. The van der Waals surface area contributed by atoms with Gasteiger partial charge in [-0.2, -0.15) is 0 Å². The average Bonchev–Trinajstić information content (AvgIpc) is 3.13. The molecule has 0 amide bonds. The lowest BCUT2D eigenvalue weighted by atomic mass is 10.2. The summed E-state index contributed by atoms with van der Waals surface area (Å²) in [5.74, 6) is 0.982. The van der Waals surface area contributed by atoms with Crippen LogP contribution in [-0.4, -0.2) is 34.1 Å². The average molecular weight is 349 g/mol. The molecular weight excluding hydrogens is 328 g/mol. The molecule has 2 N–H and O–H groups in total. The van der Waals surface area contributed by atoms with Gasteiger partial charge in [-0.25, -0.2) is 4.98 Å². The van der Waals surface area contributed by atoms with E-state index in [1.165, 1.54) is 12.8 Å². The van der Waals surface area contributed by atoms with Gasteiger partial charge in [0.2, 0.25) is 0 Å². The van der Waals surface area contributed by atoms with E-state index in [1.54, 1.807) is 0 Å². The van der Waals surface area contributed by atoms with Crippen molar-refractivity contribution in [3.63, 3.8) is 0 Å². The molecule has 0 radical (unpaired) electrons. The molecule has 0 saturated carbocycles. The van der Waals surface area contributed by atoms with Crippen LogP contribution in [0.5, 0.6) is 0 Å². The van der Waals surface area contributed by atoms with Crippen LogP contribution in [0, 0.1) is 0 Å². The van der Waals surface area contributed by atoms with Crippen molar-refractivity contribution >= 4 is 15.9 Å². The molecule has 4 nitrogen and oxygen atoms in total. The van der Waals surface area contributed by atoms with E-state index in [0.717, 1.165) is 34.8 Å². The van der Waals surface area contributed by atoms with Crippen LogP contribution in [0.1, 0.15) is 24.6 Å². The van der Waals surface area contributed by atoms with Crippen LogP contribution in [0.25, 0.3) is 11.4 Å². The summed E-state index contributed by atoms with van der Waals surface area (Å²) in [7, 11) is 2.04. The highest BCUT2D eigenvalue weighted by Crippen LogP contribution is 2.32.